The highest BCUT2D eigenvalue weighted by Crippen LogP contribution is 2.23. The summed E-state index contributed by atoms with van der Waals surface area (Å²) in [6, 6.07) is 5.59. The van der Waals surface area contributed by atoms with Crippen molar-refractivity contribution in [1.82, 2.24) is 10.6 Å². The maximum atomic E-state index is 12.4. The van der Waals surface area contributed by atoms with Gasteiger partial charge in [-0.15, -0.1) is 0 Å². The summed E-state index contributed by atoms with van der Waals surface area (Å²) in [6.45, 7) is 6.86. The fourth-order valence-electron chi connectivity index (χ4n) is 2.44. The average molecular weight is 292 g/mol. The van der Waals surface area contributed by atoms with Crippen LogP contribution >= 0.6 is 0 Å². The van der Waals surface area contributed by atoms with Crippen molar-refractivity contribution in [3.8, 4) is 11.5 Å². The molecule has 0 bridgehead atoms. The highest BCUT2D eigenvalue weighted by molar-refractivity contribution is 5.95. The van der Waals surface area contributed by atoms with Gasteiger partial charge in [-0.2, -0.15) is 0 Å². The van der Waals surface area contributed by atoms with Crippen LogP contribution in [-0.4, -0.2) is 38.3 Å². The van der Waals surface area contributed by atoms with E-state index in [4.69, 9.17) is 9.47 Å². The lowest BCUT2D eigenvalue weighted by Crippen LogP contribution is -2.42. The predicted octanol–water partition coefficient (Wildman–Crippen LogP) is 1.97. The highest BCUT2D eigenvalue weighted by atomic mass is 16.5. The molecule has 1 heterocycles. The van der Waals surface area contributed by atoms with Crippen molar-refractivity contribution in [2.24, 2.45) is 0 Å². The molecule has 0 spiro atoms. The summed E-state index contributed by atoms with van der Waals surface area (Å²) in [7, 11) is 0. The van der Waals surface area contributed by atoms with Crippen molar-refractivity contribution in [3.05, 3.63) is 23.8 Å². The van der Waals surface area contributed by atoms with Gasteiger partial charge in [0.05, 0.1) is 13.2 Å². The molecule has 116 valence electrons. The van der Waals surface area contributed by atoms with E-state index in [2.05, 4.69) is 10.6 Å². The highest BCUT2D eigenvalue weighted by Gasteiger charge is 2.17. The number of hydrogen-bond acceptors (Lipinski definition) is 4. The Morgan fingerprint density at radius 3 is 2.24 bits per heavy atom. The zero-order chi connectivity index (χ0) is 15.1. The van der Waals surface area contributed by atoms with E-state index in [0.29, 0.717) is 30.3 Å². The molecule has 1 aromatic rings. The van der Waals surface area contributed by atoms with E-state index in [0.717, 1.165) is 25.9 Å². The fraction of sp³-hybridized carbons (Fsp3) is 0.562. The standard InChI is InChI=1S/C16H24N2O3/c1-3-20-14-9-12(10-15(11-14)21-4-2)16(19)18-13-5-7-17-8-6-13/h9-11,13,17H,3-8H2,1-2H3,(H,18,19). The monoisotopic (exact) mass is 292 g/mol. The minimum Gasteiger partial charge on any atom is -0.494 e. The second-order valence-corrected chi connectivity index (χ2v) is 5.06. The first-order chi connectivity index (χ1) is 10.2. The van der Waals surface area contributed by atoms with E-state index in [9.17, 15) is 4.79 Å². The summed E-state index contributed by atoms with van der Waals surface area (Å²) in [5, 5.41) is 6.37. The number of carbonyl (C=O) groups is 1. The summed E-state index contributed by atoms with van der Waals surface area (Å²) in [5.74, 6) is 1.27. The molecule has 0 unspecified atom stereocenters. The topological polar surface area (TPSA) is 59.6 Å². The van der Waals surface area contributed by atoms with Crippen molar-refractivity contribution in [2.45, 2.75) is 32.7 Å². The van der Waals surface area contributed by atoms with Crippen LogP contribution in [-0.2, 0) is 0 Å². The molecule has 2 N–H and O–H groups in total. The molecule has 1 aliphatic rings. The van der Waals surface area contributed by atoms with Gasteiger partial charge in [-0.3, -0.25) is 4.79 Å². The van der Waals surface area contributed by atoms with Gasteiger partial charge >= 0.3 is 0 Å². The summed E-state index contributed by atoms with van der Waals surface area (Å²) in [4.78, 5) is 12.4. The molecule has 0 saturated carbocycles. The van der Waals surface area contributed by atoms with Crippen LogP contribution in [0.4, 0.5) is 0 Å². The normalized spacial score (nSPS) is 15.5. The Kier molecular flexibility index (Phi) is 5.87. The van der Waals surface area contributed by atoms with Gasteiger partial charge in [-0.05, 0) is 51.9 Å². The number of amides is 1. The number of nitrogens with one attached hydrogen (secondary N) is 2. The molecular weight excluding hydrogens is 268 g/mol. The van der Waals surface area contributed by atoms with E-state index in [1.807, 2.05) is 19.9 Å². The zero-order valence-electron chi connectivity index (χ0n) is 12.8. The molecule has 1 saturated heterocycles. The maximum Gasteiger partial charge on any atom is 0.251 e. The van der Waals surface area contributed by atoms with Crippen molar-refractivity contribution in [1.29, 1.82) is 0 Å². The summed E-state index contributed by atoms with van der Waals surface area (Å²) < 4.78 is 11.0. The number of piperidine rings is 1. The van der Waals surface area contributed by atoms with Crippen molar-refractivity contribution in [3.63, 3.8) is 0 Å². The second kappa shape index (κ2) is 7.88. The van der Waals surface area contributed by atoms with E-state index in [1.165, 1.54) is 0 Å². The molecule has 1 amide bonds. The van der Waals surface area contributed by atoms with Crippen molar-refractivity contribution in [2.75, 3.05) is 26.3 Å². The fourth-order valence-corrected chi connectivity index (χ4v) is 2.44. The third kappa shape index (κ3) is 4.63. The first-order valence-electron chi connectivity index (χ1n) is 7.65. The Labute approximate surface area is 126 Å². The van der Waals surface area contributed by atoms with Crippen LogP contribution in [0.15, 0.2) is 18.2 Å². The third-order valence-electron chi connectivity index (χ3n) is 3.44. The molecule has 5 nitrogen and oxygen atoms in total. The van der Waals surface area contributed by atoms with Crippen LogP contribution in [0.2, 0.25) is 0 Å². The van der Waals surface area contributed by atoms with Crippen LogP contribution in [0.25, 0.3) is 0 Å². The number of carbonyl (C=O) groups excluding carboxylic acids is 1. The lowest BCUT2D eigenvalue weighted by atomic mass is 10.1. The molecule has 0 aromatic heterocycles. The molecule has 21 heavy (non-hydrogen) atoms. The quantitative estimate of drug-likeness (QED) is 0.841. The number of benzene rings is 1. The first kappa shape index (κ1) is 15.6. The number of hydrogen-bond donors (Lipinski definition) is 2. The van der Waals surface area contributed by atoms with Gasteiger partial charge < -0.3 is 20.1 Å². The van der Waals surface area contributed by atoms with E-state index in [-0.39, 0.29) is 11.9 Å². The van der Waals surface area contributed by atoms with Gasteiger partial charge in [0.2, 0.25) is 0 Å². The van der Waals surface area contributed by atoms with Crippen LogP contribution in [0.1, 0.15) is 37.0 Å². The second-order valence-electron chi connectivity index (χ2n) is 5.06. The Morgan fingerprint density at radius 1 is 1.14 bits per heavy atom. The lowest BCUT2D eigenvalue weighted by Gasteiger charge is -2.23. The zero-order valence-corrected chi connectivity index (χ0v) is 12.8. The molecule has 0 aliphatic carbocycles. The van der Waals surface area contributed by atoms with Gasteiger partial charge in [0.1, 0.15) is 11.5 Å². The van der Waals surface area contributed by atoms with Crippen LogP contribution in [0.3, 0.4) is 0 Å². The van der Waals surface area contributed by atoms with Gasteiger partial charge in [-0.1, -0.05) is 0 Å². The molecule has 2 rings (SSSR count). The molecule has 0 atom stereocenters. The van der Waals surface area contributed by atoms with Crippen molar-refractivity contribution >= 4 is 5.91 Å². The van der Waals surface area contributed by atoms with Crippen LogP contribution in [0, 0.1) is 0 Å². The maximum absolute atomic E-state index is 12.4. The van der Waals surface area contributed by atoms with Gasteiger partial charge in [0.25, 0.3) is 5.91 Å². The number of rotatable bonds is 6. The van der Waals surface area contributed by atoms with Crippen molar-refractivity contribution < 1.29 is 14.3 Å². The van der Waals surface area contributed by atoms with E-state index >= 15 is 0 Å². The van der Waals surface area contributed by atoms with Gasteiger partial charge in [0, 0.05) is 17.7 Å². The Hall–Kier alpha value is -1.75. The Bertz CT molecular complexity index is 446. The van der Waals surface area contributed by atoms with E-state index in [1.54, 1.807) is 12.1 Å². The summed E-state index contributed by atoms with van der Waals surface area (Å²) in [6.07, 6.45) is 1.93. The molecule has 1 aliphatic heterocycles. The molecule has 5 heteroatoms. The predicted molar refractivity (Wildman–Crippen MR) is 82.1 cm³/mol. The minimum absolute atomic E-state index is 0.0654. The lowest BCUT2D eigenvalue weighted by molar-refractivity contribution is 0.0928. The van der Waals surface area contributed by atoms with Gasteiger partial charge in [-0.25, -0.2) is 0 Å². The van der Waals surface area contributed by atoms with Crippen LogP contribution < -0.4 is 20.1 Å². The summed E-state index contributed by atoms with van der Waals surface area (Å²) >= 11 is 0. The molecule has 0 radical (unpaired) electrons. The largest absolute Gasteiger partial charge is 0.494 e. The smallest absolute Gasteiger partial charge is 0.251 e. The SMILES string of the molecule is CCOc1cc(OCC)cc(C(=O)NC2CCNCC2)c1. The first-order valence-corrected chi connectivity index (χ1v) is 7.65. The molecule has 1 fully saturated rings. The van der Waals surface area contributed by atoms with Gasteiger partial charge in [0.15, 0.2) is 0 Å². The summed E-state index contributed by atoms with van der Waals surface area (Å²) in [5.41, 5.74) is 0.586. The molecular formula is C16H24N2O3. The van der Waals surface area contributed by atoms with E-state index < -0.39 is 0 Å². The Balaban J connectivity index is 2.10. The minimum atomic E-state index is -0.0654. The third-order valence-corrected chi connectivity index (χ3v) is 3.44. The molecule has 1 aromatic carbocycles. The average Bonchev–Trinajstić information content (AvgIpc) is 2.49. The number of ether oxygens (including phenoxy) is 2. The van der Waals surface area contributed by atoms with Crippen LogP contribution in [0.5, 0.6) is 11.5 Å². The Morgan fingerprint density at radius 2 is 1.71 bits per heavy atom.